The summed E-state index contributed by atoms with van der Waals surface area (Å²) >= 11 is 0. The van der Waals surface area contributed by atoms with Crippen LogP contribution in [0.15, 0.2) is 134 Å². The van der Waals surface area contributed by atoms with E-state index in [1.165, 1.54) is 55.6 Å². The van der Waals surface area contributed by atoms with E-state index in [1.807, 2.05) is 0 Å². The van der Waals surface area contributed by atoms with E-state index in [0.29, 0.717) is 59.1 Å². The topological polar surface area (TPSA) is 360 Å². The van der Waals surface area contributed by atoms with E-state index in [0.717, 1.165) is 19.8 Å². The second-order valence-electron chi connectivity index (χ2n) is 17.9. The minimum Gasteiger partial charge on any atom is -0.497 e. The number of ether oxygens (including phenoxy) is 5. The van der Waals surface area contributed by atoms with E-state index in [-0.39, 0.29) is 76.6 Å². The predicted octanol–water partition coefficient (Wildman–Crippen LogP) is 7.56. The Morgan fingerprint density at radius 2 is 1.00 bits per heavy atom. The number of amides is 4. The third kappa shape index (κ3) is 17.8. The number of carbonyl (C=O) groups is 7. The fourth-order valence-corrected chi connectivity index (χ4v) is 7.41. The molecule has 0 unspecified atom stereocenters. The van der Waals surface area contributed by atoms with Crippen LogP contribution >= 0.6 is 0 Å². The Bertz CT molecular complexity index is 4110. The lowest BCUT2D eigenvalue weighted by atomic mass is 10.1. The maximum absolute atomic E-state index is 14.2. The van der Waals surface area contributed by atoms with Crippen LogP contribution in [0.25, 0.3) is 17.1 Å². The first-order valence-corrected chi connectivity index (χ1v) is 25.8. The lowest BCUT2D eigenvalue weighted by Crippen LogP contribution is -2.28. The molecule has 0 atom stereocenters. The Labute approximate surface area is 509 Å². The number of nitrogens with one attached hydrogen (secondary N) is 5. The highest BCUT2D eigenvalue weighted by Crippen LogP contribution is 2.27. The number of carbonyl (C=O) groups excluding carboxylic acids is 7. The van der Waals surface area contributed by atoms with Gasteiger partial charge in [-0.15, -0.1) is 30.6 Å². The van der Waals surface area contributed by atoms with Gasteiger partial charge in [-0.1, -0.05) is 12.1 Å². The molecule has 4 amide bonds. The van der Waals surface area contributed by atoms with Gasteiger partial charge in [-0.2, -0.15) is 0 Å². The molecule has 0 saturated heterocycles. The van der Waals surface area contributed by atoms with Gasteiger partial charge in [0.05, 0.1) is 73.6 Å². The first-order valence-electron chi connectivity index (χ1n) is 25.8. The summed E-state index contributed by atoms with van der Waals surface area (Å²) in [6.07, 6.45) is 7.15. The zero-order valence-electron chi connectivity index (χ0n) is 47.6. The van der Waals surface area contributed by atoms with Crippen LogP contribution < -0.4 is 37.1 Å². The van der Waals surface area contributed by atoms with Gasteiger partial charge in [-0.05, 0) is 78.4 Å². The summed E-state index contributed by atoms with van der Waals surface area (Å²) in [4.78, 5) is 92.7. The number of nitrogens with zero attached hydrogens (tertiary/aromatic N) is 9. The number of aromatic nitrogens is 9. The van der Waals surface area contributed by atoms with E-state index in [4.69, 9.17) is 15.2 Å². The number of hydrogen-bond acceptors (Lipinski definition) is 22. The molecule has 0 aliphatic heterocycles. The van der Waals surface area contributed by atoms with E-state index in [2.05, 4.69) is 81.4 Å². The molecular formula is C58H47F6N15O12. The Morgan fingerprint density at radius 3 is 1.47 bits per heavy atom. The highest BCUT2D eigenvalue weighted by Gasteiger charge is 2.24. The van der Waals surface area contributed by atoms with Gasteiger partial charge in [0.25, 0.3) is 17.7 Å². The fraction of sp³-hybridized carbons (Fsp3) is 0.121. The van der Waals surface area contributed by atoms with Crippen molar-refractivity contribution in [2.45, 2.75) is 6.61 Å². The van der Waals surface area contributed by atoms with Gasteiger partial charge in [-0.3, -0.25) is 23.9 Å². The van der Waals surface area contributed by atoms with Crippen LogP contribution in [-0.4, -0.2) is 128 Å². The van der Waals surface area contributed by atoms with Crippen molar-refractivity contribution in [2.24, 2.45) is 0 Å². The molecule has 0 spiro atoms. The van der Waals surface area contributed by atoms with Crippen molar-refractivity contribution < 1.29 is 83.6 Å². The molecule has 0 aliphatic rings. The number of esters is 3. The zero-order valence-corrected chi connectivity index (χ0v) is 47.6. The number of alkyl carbamates (subject to hydrolysis) is 1. The molecule has 0 radical (unpaired) electrons. The largest absolute Gasteiger partial charge is 0.497 e. The number of halogens is 6. The van der Waals surface area contributed by atoms with Gasteiger partial charge < -0.3 is 56.0 Å². The number of nitrogen functional groups attached to an aromatic ring is 1. The van der Waals surface area contributed by atoms with E-state index in [9.17, 15) is 59.9 Å². The van der Waals surface area contributed by atoms with Crippen LogP contribution in [-0.2, 0) is 25.6 Å². The maximum atomic E-state index is 14.2. The van der Waals surface area contributed by atoms with Crippen molar-refractivity contribution in [3.63, 3.8) is 0 Å². The van der Waals surface area contributed by atoms with Crippen LogP contribution in [0.3, 0.4) is 0 Å². The van der Waals surface area contributed by atoms with Crippen molar-refractivity contribution in [3.8, 4) is 22.8 Å². The molecule has 9 rings (SSSR count). The molecule has 5 aromatic heterocycles. The number of nitrogens with two attached hydrogens (primary N) is 1. The normalized spacial score (nSPS) is 10.4. The van der Waals surface area contributed by atoms with Crippen molar-refractivity contribution in [2.75, 3.05) is 68.5 Å². The molecule has 0 bridgehead atoms. The molecule has 0 aliphatic carbocycles. The van der Waals surface area contributed by atoms with Crippen LogP contribution in [0.4, 0.5) is 59.7 Å². The number of imidazole rings is 1. The Kier molecular flexibility index (Phi) is 22.7. The van der Waals surface area contributed by atoms with Gasteiger partial charge in [-0.25, -0.2) is 50.5 Å². The molecule has 33 heteroatoms. The van der Waals surface area contributed by atoms with Crippen LogP contribution in [0.5, 0.6) is 5.75 Å². The number of rotatable bonds is 18. The van der Waals surface area contributed by atoms with Gasteiger partial charge in [0.2, 0.25) is 0 Å². The second-order valence-corrected chi connectivity index (χ2v) is 17.9. The molecule has 91 heavy (non-hydrogen) atoms. The quantitative estimate of drug-likeness (QED) is 0.0209. The molecule has 9 aromatic rings. The van der Waals surface area contributed by atoms with Crippen molar-refractivity contribution >= 4 is 70.3 Å². The molecule has 0 fully saturated rings. The highest BCUT2D eigenvalue weighted by molar-refractivity contribution is 6.09. The summed E-state index contributed by atoms with van der Waals surface area (Å²) < 4.78 is 107. The highest BCUT2D eigenvalue weighted by atomic mass is 19.2. The zero-order chi connectivity index (χ0) is 65.7. The summed E-state index contributed by atoms with van der Waals surface area (Å²) in [7, 11) is 4.89. The molecule has 5 heterocycles. The van der Waals surface area contributed by atoms with Crippen LogP contribution in [0, 0.1) is 34.9 Å². The van der Waals surface area contributed by atoms with E-state index in [1.54, 1.807) is 61.1 Å². The molecule has 468 valence electrons. The van der Waals surface area contributed by atoms with Crippen LogP contribution in [0.2, 0.25) is 0 Å². The summed E-state index contributed by atoms with van der Waals surface area (Å²) in [5.74, 6) is -11.8. The average molecular weight is 1260 g/mol. The number of pyridine rings is 1. The summed E-state index contributed by atoms with van der Waals surface area (Å²) in [5, 5.41) is 35.3. The second kappa shape index (κ2) is 31.3. The van der Waals surface area contributed by atoms with E-state index >= 15 is 0 Å². The van der Waals surface area contributed by atoms with E-state index < -0.39 is 82.2 Å². The van der Waals surface area contributed by atoms with Crippen LogP contribution in [0.1, 0.15) is 68.1 Å². The van der Waals surface area contributed by atoms with Crippen molar-refractivity contribution in [1.29, 1.82) is 0 Å². The fourth-order valence-electron chi connectivity index (χ4n) is 7.41. The summed E-state index contributed by atoms with van der Waals surface area (Å²) in [5.41, 5.74) is 5.26. The third-order valence-corrected chi connectivity index (χ3v) is 11.9. The third-order valence-electron chi connectivity index (χ3n) is 11.9. The first kappa shape index (κ1) is 66.1. The lowest BCUT2D eigenvalue weighted by Gasteiger charge is -2.14. The Hall–Kier alpha value is -12.5. The smallest absolute Gasteiger partial charge is 0.406 e. The molecular weight excluding hydrogens is 1210 g/mol. The Morgan fingerprint density at radius 1 is 0.495 bits per heavy atom. The van der Waals surface area contributed by atoms with Gasteiger partial charge in [0.1, 0.15) is 24.5 Å². The predicted molar refractivity (Wildman–Crippen MR) is 307 cm³/mol. The molecule has 7 N–H and O–H groups in total. The molecule has 4 aromatic carbocycles. The van der Waals surface area contributed by atoms with Gasteiger partial charge in [0, 0.05) is 61.6 Å². The number of hydrogen-bond donors (Lipinski definition) is 6. The van der Waals surface area contributed by atoms with Gasteiger partial charge in [0.15, 0.2) is 57.8 Å². The maximum Gasteiger partial charge on any atom is 0.406 e. The minimum atomic E-state index is -1.30. The SMILES string of the molecule is COC(=O)NCCNc1cc(C(=O)Nc2cc(F)c(F)cc2C(=O)OCc2ccc(OC)cc2)nnc1-n1ccnc1.COC(=O)c1cc(F)c(F)cc1NC(=O)c1ccc(-c2ccncc2)nn1.COC(=O)c1cc(F)c(F)cc1NC(=O)c1ccc(N)nn1. The number of benzene rings is 4. The summed E-state index contributed by atoms with van der Waals surface area (Å²) in [6.45, 7) is 0.226. The first-order chi connectivity index (χ1) is 43.7. The van der Waals surface area contributed by atoms with Crippen molar-refractivity contribution in [1.82, 2.24) is 50.4 Å². The lowest BCUT2D eigenvalue weighted by molar-refractivity contribution is 0.0472. The molecule has 27 nitrogen and oxygen atoms in total. The number of anilines is 5. The Balaban J connectivity index is 0.000000207. The standard InChI is InChI=1S/C27H25F2N7O6.C18H12F2N4O3.C13H10F2N4O3/c1-40-17-5-3-16(4-6-17)14-42-26(38)18-11-19(28)20(29)12-21(18)33-25(37)23-13-22(31-7-8-32-27(39)41-2)24(35-34-23)36-10-9-30-15-36;1-27-18(26)11-8-12(19)13(20)9-16(11)22-17(25)15-3-2-14(23-24-15)10-4-6-21-7-5-10;1-22-13(21)6-4-7(14)8(15)5-10(6)17-12(20)9-2-3-11(16)19-18-9/h3-6,9-13,15H,7-8,14H2,1-2H3,(H,31,34)(H,32,39)(H,33,37);2-9H,1H3,(H,22,25);2-5H,1H3,(H2,16,19)(H,17,20). The minimum absolute atomic E-state index is 0.0756. The monoisotopic (exact) mass is 1260 g/mol. The average Bonchev–Trinajstić information content (AvgIpc) is 2.29. The van der Waals surface area contributed by atoms with Gasteiger partial charge >= 0.3 is 24.0 Å². The summed E-state index contributed by atoms with van der Waals surface area (Å²) in [6, 6.07) is 21.1. The van der Waals surface area contributed by atoms with Crippen molar-refractivity contribution in [3.05, 3.63) is 208 Å². The number of methoxy groups -OCH3 is 4. The molecule has 0 saturated carbocycles.